The smallest absolute Gasteiger partial charge is 0.459 e. The van der Waals surface area contributed by atoms with Crippen molar-refractivity contribution in [3.63, 3.8) is 0 Å². The van der Waals surface area contributed by atoms with Gasteiger partial charge in [0.1, 0.15) is 0 Å². The highest BCUT2D eigenvalue weighted by Crippen LogP contribution is 2.21. The van der Waals surface area contributed by atoms with E-state index in [1.54, 1.807) is 0 Å². The molecule has 0 N–H and O–H groups in total. The number of carbonyl (C=O) groups is 1. The first-order valence-corrected chi connectivity index (χ1v) is 6.42. The number of thiol groups is 1. The second-order valence-electron chi connectivity index (χ2n) is 4.20. The molecule has 0 atom stereocenters. The number of ether oxygens (including phenoxy) is 1. The fraction of sp³-hybridized carbons (Fsp3) is 0.214. The first-order chi connectivity index (χ1) is 10.0. The number of fused-ring (bicyclic) bond motifs is 1. The highest BCUT2D eigenvalue weighted by molar-refractivity contribution is 7.74. The van der Waals surface area contributed by atoms with E-state index in [-0.39, 0.29) is 6.61 Å². The molecule has 2 aromatic carbocycles. The molecule has 112 valence electrons. The van der Waals surface area contributed by atoms with E-state index in [4.69, 9.17) is 0 Å². The van der Waals surface area contributed by atoms with Crippen molar-refractivity contribution in [3.05, 3.63) is 48.0 Å². The van der Waals surface area contributed by atoms with Gasteiger partial charge in [-0.1, -0.05) is 42.5 Å². The van der Waals surface area contributed by atoms with Gasteiger partial charge in [0.05, 0.1) is 6.61 Å². The summed E-state index contributed by atoms with van der Waals surface area (Å²) < 4.78 is 33.8. The maximum atomic E-state index is 12.9. The summed E-state index contributed by atoms with van der Waals surface area (Å²) in [6, 6.07) is 13.3. The number of halogens is 2. The van der Waals surface area contributed by atoms with Gasteiger partial charge in [-0.25, -0.2) is 4.79 Å². The number of esters is 1. The summed E-state index contributed by atoms with van der Waals surface area (Å²) in [5, 5.41) is 2.01. The zero-order valence-electron chi connectivity index (χ0n) is 10.8. The molecule has 7 heteroatoms. The monoisotopic (exact) mass is 314 g/mol. The van der Waals surface area contributed by atoms with Crippen LogP contribution in [0.25, 0.3) is 10.8 Å². The molecule has 0 aromatic heterocycles. The molecule has 0 fully saturated rings. The van der Waals surface area contributed by atoms with E-state index in [0.29, 0.717) is 6.42 Å². The van der Waals surface area contributed by atoms with E-state index >= 15 is 0 Å². The van der Waals surface area contributed by atoms with E-state index < -0.39 is 12.1 Å². The van der Waals surface area contributed by atoms with Crippen LogP contribution in [0.5, 0.6) is 0 Å². The van der Waals surface area contributed by atoms with Gasteiger partial charge in [0, 0.05) is 19.3 Å². The van der Waals surface area contributed by atoms with Crippen molar-refractivity contribution >= 4 is 29.7 Å². The fourth-order valence-corrected chi connectivity index (χ4v) is 2.02. The molecular weight excluding hydrogens is 302 g/mol. The minimum atomic E-state index is -4.18. The number of rotatable bonds is 6. The Balaban J connectivity index is 1.98. The topological polar surface area (TPSA) is 44.8 Å². The Hall–Kier alpha value is -1.70. The summed E-state index contributed by atoms with van der Waals surface area (Å²) in [5.74, 6) is -1.82. The molecule has 0 amide bonds. The van der Waals surface area contributed by atoms with Crippen molar-refractivity contribution < 1.29 is 27.5 Å². The molecule has 2 rings (SSSR count). The van der Waals surface area contributed by atoms with Gasteiger partial charge in [0.25, 0.3) is 0 Å². The lowest BCUT2D eigenvalue weighted by atomic mass is 10.0. The van der Waals surface area contributed by atoms with Crippen molar-refractivity contribution in [1.82, 2.24) is 0 Å². The standard InChI is InChI=1S/C14H12F2O4S/c15-14(16,19-20-21)13(17)18-9-8-11-6-3-5-10-4-1-2-7-12(10)11/h1-7,21H,8-9H2. The normalized spacial score (nSPS) is 11.6. The van der Waals surface area contributed by atoms with Gasteiger partial charge >= 0.3 is 12.1 Å². The third-order valence-corrected chi connectivity index (χ3v) is 2.94. The van der Waals surface area contributed by atoms with Crippen molar-refractivity contribution in [1.29, 1.82) is 0 Å². The maximum Gasteiger partial charge on any atom is 0.483 e. The van der Waals surface area contributed by atoms with Crippen LogP contribution in [0.2, 0.25) is 0 Å². The van der Waals surface area contributed by atoms with Crippen LogP contribution in [-0.2, 0) is 25.2 Å². The minimum absolute atomic E-state index is 0.196. The van der Waals surface area contributed by atoms with Crippen LogP contribution in [0.15, 0.2) is 42.5 Å². The third kappa shape index (κ3) is 3.90. The second kappa shape index (κ2) is 6.84. The highest BCUT2D eigenvalue weighted by Gasteiger charge is 2.44. The summed E-state index contributed by atoms with van der Waals surface area (Å²) in [6.45, 7) is -0.196. The lowest BCUT2D eigenvalue weighted by Gasteiger charge is -2.12. The lowest BCUT2D eigenvalue weighted by molar-refractivity contribution is -0.369. The van der Waals surface area contributed by atoms with Crippen LogP contribution in [0.4, 0.5) is 8.78 Å². The molecule has 4 nitrogen and oxygen atoms in total. The Bertz CT molecular complexity index is 628. The first-order valence-electron chi connectivity index (χ1n) is 6.05. The summed E-state index contributed by atoms with van der Waals surface area (Å²) >= 11 is 2.99. The maximum absolute atomic E-state index is 12.9. The Labute approximate surface area is 125 Å². The molecule has 0 aliphatic heterocycles. The lowest BCUT2D eigenvalue weighted by Crippen LogP contribution is -2.33. The number of benzene rings is 2. The van der Waals surface area contributed by atoms with Crippen LogP contribution >= 0.6 is 12.9 Å². The van der Waals surface area contributed by atoms with Crippen LogP contribution in [0.3, 0.4) is 0 Å². The quantitative estimate of drug-likeness (QED) is 0.292. The van der Waals surface area contributed by atoms with Crippen molar-refractivity contribution in [2.75, 3.05) is 6.61 Å². The summed E-state index contributed by atoms with van der Waals surface area (Å²) in [7, 11) is 0. The van der Waals surface area contributed by atoms with Gasteiger partial charge in [-0.2, -0.15) is 13.1 Å². The molecule has 0 saturated heterocycles. The van der Waals surface area contributed by atoms with Gasteiger partial charge in [-0.05, 0) is 16.3 Å². The fourth-order valence-electron chi connectivity index (χ4n) is 1.93. The molecular formula is C14H12F2O4S. The van der Waals surface area contributed by atoms with Gasteiger partial charge in [-0.15, -0.1) is 4.89 Å². The van der Waals surface area contributed by atoms with E-state index in [1.807, 2.05) is 42.5 Å². The van der Waals surface area contributed by atoms with E-state index in [9.17, 15) is 13.6 Å². The molecule has 0 bridgehead atoms. The highest BCUT2D eigenvalue weighted by atomic mass is 32.1. The Kier molecular flexibility index (Phi) is 5.11. The number of hydrogen-bond acceptors (Lipinski definition) is 5. The largest absolute Gasteiger partial charge is 0.483 e. The molecule has 0 saturated carbocycles. The van der Waals surface area contributed by atoms with E-state index in [2.05, 4.69) is 26.9 Å². The predicted molar refractivity (Wildman–Crippen MR) is 74.7 cm³/mol. The number of hydrogen-bond donors (Lipinski definition) is 1. The van der Waals surface area contributed by atoms with Gasteiger partial charge in [0.2, 0.25) is 0 Å². The summed E-state index contributed by atoms with van der Waals surface area (Å²) in [5.41, 5.74) is 0.899. The van der Waals surface area contributed by atoms with Crippen LogP contribution < -0.4 is 0 Å². The average Bonchev–Trinajstić information content (AvgIpc) is 2.47. The van der Waals surface area contributed by atoms with E-state index in [0.717, 1.165) is 16.3 Å². The zero-order valence-corrected chi connectivity index (χ0v) is 11.7. The van der Waals surface area contributed by atoms with Crippen molar-refractivity contribution in [2.45, 2.75) is 12.5 Å². The minimum Gasteiger partial charge on any atom is -0.459 e. The Morgan fingerprint density at radius 2 is 1.86 bits per heavy atom. The summed E-state index contributed by atoms with van der Waals surface area (Å²) in [4.78, 5) is 14.5. The SMILES string of the molecule is O=C(OCCc1cccc2ccccc12)C(F)(F)OOS. The third-order valence-electron chi connectivity index (χ3n) is 2.86. The Morgan fingerprint density at radius 3 is 2.62 bits per heavy atom. The molecule has 0 spiro atoms. The first kappa shape index (κ1) is 15.7. The summed E-state index contributed by atoms with van der Waals surface area (Å²) in [6.07, 6.45) is -3.87. The molecule has 0 unspecified atom stereocenters. The molecule has 0 radical (unpaired) electrons. The van der Waals surface area contributed by atoms with Crippen molar-refractivity contribution in [3.8, 4) is 0 Å². The Morgan fingerprint density at radius 1 is 1.14 bits per heavy atom. The second-order valence-corrected chi connectivity index (χ2v) is 4.35. The zero-order chi connectivity index (χ0) is 15.3. The van der Waals surface area contributed by atoms with Crippen LogP contribution in [0, 0.1) is 0 Å². The van der Waals surface area contributed by atoms with Gasteiger partial charge in [0.15, 0.2) is 0 Å². The van der Waals surface area contributed by atoms with Gasteiger partial charge < -0.3 is 4.74 Å². The van der Waals surface area contributed by atoms with E-state index in [1.165, 1.54) is 0 Å². The van der Waals surface area contributed by atoms with Crippen LogP contribution in [0.1, 0.15) is 5.56 Å². The van der Waals surface area contributed by atoms with Crippen LogP contribution in [-0.4, -0.2) is 18.7 Å². The number of alkyl halides is 2. The molecule has 0 aliphatic rings. The average molecular weight is 314 g/mol. The number of carbonyl (C=O) groups excluding carboxylic acids is 1. The molecule has 2 aromatic rings. The molecule has 21 heavy (non-hydrogen) atoms. The molecule has 0 heterocycles. The van der Waals surface area contributed by atoms with Crippen molar-refractivity contribution in [2.24, 2.45) is 0 Å². The molecule has 0 aliphatic carbocycles. The predicted octanol–water partition coefficient (Wildman–Crippen LogP) is 3.31. The van der Waals surface area contributed by atoms with Gasteiger partial charge in [-0.3, -0.25) is 0 Å².